The third-order valence-corrected chi connectivity index (χ3v) is 4.02. The Bertz CT molecular complexity index is 250. The number of piperidine rings is 1. The number of unbranched alkanes of at least 4 members (excludes halogenated alkanes) is 2. The first kappa shape index (κ1) is 16.4. The summed E-state index contributed by atoms with van der Waals surface area (Å²) < 4.78 is 0. The van der Waals surface area contributed by atoms with Crippen LogP contribution in [0.15, 0.2) is 0 Å². The van der Waals surface area contributed by atoms with Crippen molar-refractivity contribution in [1.29, 1.82) is 0 Å². The van der Waals surface area contributed by atoms with Gasteiger partial charge in [0.05, 0.1) is 6.04 Å². The maximum Gasteiger partial charge on any atom is 0.236 e. The maximum atomic E-state index is 11.8. The van der Waals surface area contributed by atoms with Crippen LogP contribution >= 0.6 is 0 Å². The van der Waals surface area contributed by atoms with Gasteiger partial charge in [-0.15, -0.1) is 0 Å². The number of rotatable bonds is 8. The lowest BCUT2D eigenvalue weighted by atomic mass is 9.97. The van der Waals surface area contributed by atoms with Crippen LogP contribution in [0.5, 0.6) is 0 Å². The molecule has 0 aliphatic carbocycles. The molecule has 0 radical (unpaired) electrons. The van der Waals surface area contributed by atoms with Gasteiger partial charge in [-0.25, -0.2) is 0 Å². The Morgan fingerprint density at radius 2 is 2.00 bits per heavy atom. The van der Waals surface area contributed by atoms with Crippen LogP contribution in [0.25, 0.3) is 0 Å². The predicted octanol–water partition coefficient (Wildman–Crippen LogP) is 1.61. The number of carbonyl (C=O) groups excluding carboxylic acids is 1. The van der Waals surface area contributed by atoms with E-state index in [-0.39, 0.29) is 11.9 Å². The molecule has 1 unspecified atom stereocenters. The van der Waals surface area contributed by atoms with Gasteiger partial charge in [-0.05, 0) is 58.8 Å². The minimum atomic E-state index is -0.0683. The SMILES string of the molecule is CCCCCNC(=O)C(C)NCC1CCN(C)CC1. The molecule has 112 valence electrons. The zero-order chi connectivity index (χ0) is 14.1. The Hall–Kier alpha value is -0.610. The summed E-state index contributed by atoms with van der Waals surface area (Å²) in [6.07, 6.45) is 5.96. The fraction of sp³-hybridized carbons (Fsp3) is 0.933. The monoisotopic (exact) mass is 269 g/mol. The topological polar surface area (TPSA) is 44.4 Å². The molecule has 1 saturated heterocycles. The third-order valence-electron chi connectivity index (χ3n) is 4.02. The highest BCUT2D eigenvalue weighted by molar-refractivity contribution is 5.81. The van der Waals surface area contributed by atoms with Crippen LogP contribution in [0.1, 0.15) is 46.0 Å². The van der Waals surface area contributed by atoms with Gasteiger partial charge in [0.25, 0.3) is 0 Å². The Morgan fingerprint density at radius 1 is 1.32 bits per heavy atom. The highest BCUT2D eigenvalue weighted by atomic mass is 16.2. The molecule has 0 bridgehead atoms. The van der Waals surface area contributed by atoms with E-state index in [9.17, 15) is 4.79 Å². The zero-order valence-corrected chi connectivity index (χ0v) is 12.9. The predicted molar refractivity (Wildman–Crippen MR) is 80.2 cm³/mol. The Balaban J connectivity index is 2.09. The van der Waals surface area contributed by atoms with Crippen LogP contribution in [0, 0.1) is 5.92 Å². The average Bonchev–Trinajstić information content (AvgIpc) is 2.42. The number of likely N-dealkylation sites (tertiary alicyclic amines) is 1. The van der Waals surface area contributed by atoms with Gasteiger partial charge in [-0.3, -0.25) is 4.79 Å². The summed E-state index contributed by atoms with van der Waals surface area (Å²) in [6.45, 7) is 8.29. The van der Waals surface area contributed by atoms with E-state index in [1.807, 2.05) is 6.92 Å². The van der Waals surface area contributed by atoms with Crippen molar-refractivity contribution in [2.24, 2.45) is 5.92 Å². The van der Waals surface area contributed by atoms with E-state index < -0.39 is 0 Å². The first-order valence-corrected chi connectivity index (χ1v) is 7.83. The fourth-order valence-corrected chi connectivity index (χ4v) is 2.44. The quantitative estimate of drug-likeness (QED) is 0.658. The lowest BCUT2D eigenvalue weighted by molar-refractivity contribution is -0.122. The van der Waals surface area contributed by atoms with E-state index in [0.29, 0.717) is 0 Å². The summed E-state index contributed by atoms with van der Waals surface area (Å²) in [7, 11) is 2.18. The van der Waals surface area contributed by atoms with E-state index in [4.69, 9.17) is 0 Å². The molecular weight excluding hydrogens is 238 g/mol. The first-order valence-electron chi connectivity index (χ1n) is 7.83. The molecule has 0 aromatic carbocycles. The number of amides is 1. The van der Waals surface area contributed by atoms with Crippen LogP contribution in [0.4, 0.5) is 0 Å². The molecule has 19 heavy (non-hydrogen) atoms. The lowest BCUT2D eigenvalue weighted by Crippen LogP contribution is -2.45. The summed E-state index contributed by atoms with van der Waals surface area (Å²) >= 11 is 0. The van der Waals surface area contributed by atoms with E-state index in [2.05, 4.69) is 29.5 Å². The number of nitrogens with zero attached hydrogens (tertiary/aromatic N) is 1. The molecule has 0 aromatic heterocycles. The second-order valence-electron chi connectivity index (χ2n) is 5.87. The molecule has 1 rings (SSSR count). The summed E-state index contributed by atoms with van der Waals surface area (Å²) in [6, 6.07) is -0.0683. The molecule has 2 N–H and O–H groups in total. The second-order valence-corrected chi connectivity index (χ2v) is 5.87. The largest absolute Gasteiger partial charge is 0.355 e. The Morgan fingerprint density at radius 3 is 2.63 bits per heavy atom. The van der Waals surface area contributed by atoms with Crippen molar-refractivity contribution in [3.8, 4) is 0 Å². The highest BCUT2D eigenvalue weighted by Gasteiger charge is 2.18. The highest BCUT2D eigenvalue weighted by Crippen LogP contribution is 2.14. The van der Waals surface area contributed by atoms with E-state index in [1.165, 1.54) is 38.8 Å². The van der Waals surface area contributed by atoms with Crippen molar-refractivity contribution in [2.75, 3.05) is 33.2 Å². The van der Waals surface area contributed by atoms with Crippen molar-refractivity contribution in [3.63, 3.8) is 0 Å². The molecule has 4 heteroatoms. The smallest absolute Gasteiger partial charge is 0.236 e. The molecule has 1 aliphatic heterocycles. The molecular formula is C15H31N3O. The zero-order valence-electron chi connectivity index (χ0n) is 12.9. The molecule has 0 saturated carbocycles. The van der Waals surface area contributed by atoms with Crippen LogP contribution in [0.3, 0.4) is 0 Å². The lowest BCUT2D eigenvalue weighted by Gasteiger charge is -2.29. The Kier molecular flexibility index (Phi) is 8.07. The number of hydrogen-bond acceptors (Lipinski definition) is 3. The van der Waals surface area contributed by atoms with Gasteiger partial charge in [0.15, 0.2) is 0 Å². The van der Waals surface area contributed by atoms with Gasteiger partial charge in [-0.1, -0.05) is 19.8 Å². The van der Waals surface area contributed by atoms with Gasteiger partial charge >= 0.3 is 0 Å². The van der Waals surface area contributed by atoms with Crippen molar-refractivity contribution in [1.82, 2.24) is 15.5 Å². The van der Waals surface area contributed by atoms with Gasteiger partial charge < -0.3 is 15.5 Å². The van der Waals surface area contributed by atoms with E-state index >= 15 is 0 Å². The van der Waals surface area contributed by atoms with Crippen molar-refractivity contribution < 1.29 is 4.79 Å². The van der Waals surface area contributed by atoms with Gasteiger partial charge in [0.2, 0.25) is 5.91 Å². The average molecular weight is 269 g/mol. The third kappa shape index (κ3) is 6.92. The van der Waals surface area contributed by atoms with Gasteiger partial charge in [0.1, 0.15) is 0 Å². The summed E-state index contributed by atoms with van der Waals surface area (Å²) in [5.74, 6) is 0.871. The number of carbonyl (C=O) groups is 1. The Labute approximate surface area is 118 Å². The summed E-state index contributed by atoms with van der Waals surface area (Å²) in [5.41, 5.74) is 0. The van der Waals surface area contributed by atoms with Gasteiger partial charge in [0, 0.05) is 6.54 Å². The molecule has 1 atom stereocenters. The van der Waals surface area contributed by atoms with Crippen molar-refractivity contribution in [3.05, 3.63) is 0 Å². The molecule has 1 aliphatic rings. The van der Waals surface area contributed by atoms with Crippen molar-refractivity contribution in [2.45, 2.75) is 52.0 Å². The van der Waals surface area contributed by atoms with Crippen LogP contribution in [0.2, 0.25) is 0 Å². The second kappa shape index (κ2) is 9.32. The normalized spacial score (nSPS) is 19.3. The van der Waals surface area contributed by atoms with E-state index in [0.717, 1.165) is 25.4 Å². The molecule has 0 spiro atoms. The summed E-state index contributed by atoms with van der Waals surface area (Å²) in [4.78, 5) is 14.2. The standard InChI is InChI=1S/C15H31N3O/c1-4-5-6-9-16-15(19)13(2)17-12-14-7-10-18(3)11-8-14/h13-14,17H,4-12H2,1-3H3,(H,16,19). The molecule has 1 amide bonds. The number of hydrogen-bond donors (Lipinski definition) is 2. The van der Waals surface area contributed by atoms with E-state index in [1.54, 1.807) is 0 Å². The van der Waals surface area contributed by atoms with Crippen LogP contribution in [-0.4, -0.2) is 50.1 Å². The van der Waals surface area contributed by atoms with Crippen LogP contribution in [-0.2, 0) is 4.79 Å². The molecule has 4 nitrogen and oxygen atoms in total. The first-order chi connectivity index (χ1) is 9.13. The number of nitrogens with one attached hydrogen (secondary N) is 2. The fourth-order valence-electron chi connectivity index (χ4n) is 2.44. The minimum absolute atomic E-state index is 0.0683. The van der Waals surface area contributed by atoms with Crippen LogP contribution < -0.4 is 10.6 Å². The molecule has 0 aromatic rings. The summed E-state index contributed by atoms with van der Waals surface area (Å²) in [5, 5.41) is 6.38. The molecule has 1 fully saturated rings. The van der Waals surface area contributed by atoms with Crippen molar-refractivity contribution >= 4 is 5.91 Å². The van der Waals surface area contributed by atoms with Gasteiger partial charge in [-0.2, -0.15) is 0 Å². The molecule has 1 heterocycles. The minimum Gasteiger partial charge on any atom is -0.355 e. The maximum absolute atomic E-state index is 11.8.